The summed E-state index contributed by atoms with van der Waals surface area (Å²) < 4.78 is 44.4. The molecule has 4 aliphatic rings. The standard InChI is InChI=1S/C35H37F3N4O/c1-22-9-12-41(13-10-22)18-26-8-6-24(14-28(26)35(36,37)38)15-30(43)25-7-5-23(2)27(16-25)33-19-34(20-33,21-33)31-17-40-32-29(39)4-3-11-42(31)32/h3-8,11,14,16-17,22H,9-10,12-13,15,18-21,39H2,1-2H3. The Balaban J connectivity index is 1.08. The van der Waals surface area contributed by atoms with Crippen molar-refractivity contribution in [2.45, 2.75) is 75.9 Å². The fourth-order valence-corrected chi connectivity index (χ4v) is 8.02. The van der Waals surface area contributed by atoms with Crippen LogP contribution in [0.2, 0.25) is 0 Å². The molecule has 1 aliphatic heterocycles. The predicted octanol–water partition coefficient (Wildman–Crippen LogP) is 7.27. The van der Waals surface area contributed by atoms with E-state index in [9.17, 15) is 18.0 Å². The molecule has 2 bridgehead atoms. The summed E-state index contributed by atoms with van der Waals surface area (Å²) in [6.45, 7) is 6.16. The Labute approximate surface area is 249 Å². The average Bonchev–Trinajstić information content (AvgIpc) is 3.35. The molecule has 4 aromatic rings. The number of carbonyl (C=O) groups is 1. The normalized spacial score (nSPS) is 24.1. The van der Waals surface area contributed by atoms with Gasteiger partial charge in [-0.2, -0.15) is 13.2 Å². The molecule has 2 aromatic heterocycles. The Morgan fingerprint density at radius 1 is 1.05 bits per heavy atom. The average molecular weight is 587 g/mol. The number of rotatable bonds is 7. The molecule has 0 spiro atoms. The SMILES string of the molecule is Cc1ccc(C(=O)Cc2ccc(CN3CCC(C)CC3)c(C(F)(F)F)c2)cc1C12CC(c3cnc4c(N)cccn34)(C1)C2. The van der Waals surface area contributed by atoms with Crippen LogP contribution in [0.4, 0.5) is 18.9 Å². The van der Waals surface area contributed by atoms with E-state index in [4.69, 9.17) is 5.73 Å². The Morgan fingerprint density at radius 2 is 1.79 bits per heavy atom. The highest BCUT2D eigenvalue weighted by Gasteiger charge is 2.70. The molecule has 0 unspecified atom stereocenters. The van der Waals surface area contributed by atoms with Gasteiger partial charge in [-0.15, -0.1) is 0 Å². The van der Waals surface area contributed by atoms with Crippen LogP contribution < -0.4 is 5.73 Å². The van der Waals surface area contributed by atoms with Crippen LogP contribution in [-0.4, -0.2) is 33.2 Å². The minimum absolute atomic E-state index is 0.0161. The lowest BCUT2D eigenvalue weighted by molar-refractivity contribution is -0.138. The van der Waals surface area contributed by atoms with E-state index in [-0.39, 0.29) is 35.1 Å². The fraction of sp³-hybridized carbons (Fsp3) is 0.429. The number of piperidine rings is 1. The number of Topliss-reactive ketones (excluding diaryl/α,β-unsaturated/α-hetero) is 1. The number of anilines is 1. The second kappa shape index (κ2) is 9.94. The van der Waals surface area contributed by atoms with Crippen molar-refractivity contribution in [3.05, 3.63) is 100.0 Å². The van der Waals surface area contributed by atoms with Crippen LogP contribution in [0.25, 0.3) is 5.65 Å². The number of carbonyl (C=O) groups excluding carboxylic acids is 1. The van der Waals surface area contributed by atoms with Crippen LogP contribution in [0.5, 0.6) is 0 Å². The first kappa shape index (κ1) is 28.1. The lowest BCUT2D eigenvalue weighted by atomic mass is 9.32. The number of ketones is 1. The molecule has 3 aliphatic carbocycles. The molecular weight excluding hydrogens is 549 g/mol. The summed E-state index contributed by atoms with van der Waals surface area (Å²) in [6.07, 6.45) is 4.36. The van der Waals surface area contributed by atoms with Gasteiger partial charge in [0.2, 0.25) is 0 Å². The number of hydrogen-bond donors (Lipinski definition) is 1. The van der Waals surface area contributed by atoms with Gasteiger partial charge in [-0.1, -0.05) is 31.2 Å². The molecule has 0 radical (unpaired) electrons. The van der Waals surface area contributed by atoms with E-state index < -0.39 is 11.7 Å². The van der Waals surface area contributed by atoms with Crippen LogP contribution in [0.3, 0.4) is 0 Å². The van der Waals surface area contributed by atoms with Gasteiger partial charge >= 0.3 is 6.18 Å². The molecule has 0 amide bonds. The first-order valence-corrected chi connectivity index (χ1v) is 15.2. The van der Waals surface area contributed by atoms with Gasteiger partial charge in [0.05, 0.1) is 11.3 Å². The quantitative estimate of drug-likeness (QED) is 0.231. The van der Waals surface area contributed by atoms with Crippen LogP contribution in [-0.2, 0) is 30.0 Å². The predicted molar refractivity (Wildman–Crippen MR) is 161 cm³/mol. The smallest absolute Gasteiger partial charge is 0.396 e. The van der Waals surface area contributed by atoms with Gasteiger partial charge in [0.25, 0.3) is 0 Å². The Hall–Kier alpha value is -3.65. The number of nitrogens with two attached hydrogens (primary N) is 1. The van der Waals surface area contributed by atoms with Gasteiger partial charge in [-0.25, -0.2) is 4.98 Å². The Kier molecular flexibility index (Phi) is 6.51. The number of alkyl halides is 3. The largest absolute Gasteiger partial charge is 0.416 e. The van der Waals surface area contributed by atoms with Crippen LogP contribution in [0.15, 0.2) is 60.9 Å². The fourth-order valence-electron chi connectivity index (χ4n) is 8.02. The van der Waals surface area contributed by atoms with Crippen molar-refractivity contribution < 1.29 is 18.0 Å². The maximum Gasteiger partial charge on any atom is 0.416 e. The number of halogens is 3. The van der Waals surface area contributed by atoms with Gasteiger partial charge in [0.1, 0.15) is 0 Å². The summed E-state index contributed by atoms with van der Waals surface area (Å²) in [6, 6.07) is 14.0. The first-order valence-electron chi connectivity index (χ1n) is 15.2. The second-order valence-corrected chi connectivity index (χ2v) is 13.5. The maximum atomic E-state index is 14.1. The van der Waals surface area contributed by atoms with Crippen molar-refractivity contribution in [2.24, 2.45) is 5.92 Å². The van der Waals surface area contributed by atoms with Crippen LogP contribution in [0.1, 0.15) is 82.9 Å². The van der Waals surface area contributed by atoms with E-state index in [1.54, 1.807) is 12.1 Å². The third-order valence-corrected chi connectivity index (χ3v) is 10.4. The molecule has 4 fully saturated rings. The number of benzene rings is 2. The zero-order valence-electron chi connectivity index (χ0n) is 24.7. The van der Waals surface area contributed by atoms with E-state index in [0.29, 0.717) is 22.7 Å². The number of nitrogens with zero attached hydrogens (tertiary/aromatic N) is 3. The molecular formula is C35H37F3N4O. The van der Waals surface area contributed by atoms with Crippen molar-refractivity contribution in [2.75, 3.05) is 18.8 Å². The maximum absolute atomic E-state index is 14.1. The Bertz CT molecular complexity index is 1710. The van der Waals surface area contributed by atoms with Crippen molar-refractivity contribution in [3.8, 4) is 0 Å². The molecule has 1 saturated heterocycles. The molecule has 3 heterocycles. The number of aryl methyl sites for hydroxylation is 1. The van der Waals surface area contributed by atoms with E-state index in [1.807, 2.05) is 42.7 Å². The number of fused-ring (bicyclic) bond motifs is 1. The van der Waals surface area contributed by atoms with E-state index in [2.05, 4.69) is 28.1 Å². The summed E-state index contributed by atoms with van der Waals surface area (Å²) in [5.74, 6) is 0.451. The number of pyridine rings is 1. The number of likely N-dealkylation sites (tertiary alicyclic amines) is 1. The van der Waals surface area contributed by atoms with Gasteiger partial charge in [0.15, 0.2) is 11.4 Å². The summed E-state index contributed by atoms with van der Waals surface area (Å²) in [5.41, 5.74) is 11.7. The van der Waals surface area contributed by atoms with Gasteiger partial charge in [-0.05, 0) is 110 Å². The molecule has 5 nitrogen and oxygen atoms in total. The summed E-state index contributed by atoms with van der Waals surface area (Å²) in [4.78, 5) is 20.1. The van der Waals surface area contributed by atoms with Crippen molar-refractivity contribution >= 4 is 17.1 Å². The van der Waals surface area contributed by atoms with Crippen LogP contribution in [0, 0.1) is 12.8 Å². The van der Waals surface area contributed by atoms with Gasteiger partial charge < -0.3 is 10.1 Å². The minimum atomic E-state index is -4.47. The molecule has 224 valence electrons. The number of hydrogen-bond acceptors (Lipinski definition) is 4. The second-order valence-electron chi connectivity index (χ2n) is 13.5. The van der Waals surface area contributed by atoms with Crippen molar-refractivity contribution in [3.63, 3.8) is 0 Å². The van der Waals surface area contributed by atoms with Gasteiger partial charge in [0, 0.05) is 42.0 Å². The molecule has 8 rings (SSSR count). The zero-order valence-corrected chi connectivity index (χ0v) is 24.7. The lowest BCUT2D eigenvalue weighted by Crippen LogP contribution is -2.67. The minimum Gasteiger partial charge on any atom is -0.396 e. The van der Waals surface area contributed by atoms with Crippen molar-refractivity contribution in [1.82, 2.24) is 14.3 Å². The monoisotopic (exact) mass is 586 g/mol. The Morgan fingerprint density at radius 3 is 2.51 bits per heavy atom. The topological polar surface area (TPSA) is 63.6 Å². The number of aromatic nitrogens is 2. The summed E-state index contributed by atoms with van der Waals surface area (Å²) in [5, 5.41) is 0. The zero-order chi connectivity index (χ0) is 30.1. The molecule has 8 heteroatoms. The molecule has 0 atom stereocenters. The van der Waals surface area contributed by atoms with E-state index >= 15 is 0 Å². The number of nitrogen functional groups attached to an aromatic ring is 1. The van der Waals surface area contributed by atoms with Crippen molar-refractivity contribution in [1.29, 1.82) is 0 Å². The highest BCUT2D eigenvalue weighted by atomic mass is 19.4. The third kappa shape index (κ3) is 4.74. The lowest BCUT2D eigenvalue weighted by Gasteiger charge is -2.71. The molecule has 2 aromatic carbocycles. The van der Waals surface area contributed by atoms with E-state index in [1.165, 1.54) is 17.3 Å². The third-order valence-electron chi connectivity index (χ3n) is 10.4. The molecule has 3 saturated carbocycles. The summed E-state index contributed by atoms with van der Waals surface area (Å²) in [7, 11) is 0. The van der Waals surface area contributed by atoms with Gasteiger partial charge in [-0.3, -0.25) is 9.69 Å². The first-order chi connectivity index (χ1) is 20.5. The highest BCUT2D eigenvalue weighted by molar-refractivity contribution is 5.98. The molecule has 43 heavy (non-hydrogen) atoms. The highest BCUT2D eigenvalue weighted by Crippen LogP contribution is 2.74. The number of imidazole rings is 1. The van der Waals surface area contributed by atoms with Crippen LogP contribution >= 0.6 is 0 Å². The summed E-state index contributed by atoms with van der Waals surface area (Å²) >= 11 is 0. The van der Waals surface area contributed by atoms with E-state index in [0.717, 1.165) is 56.4 Å². The molecule has 2 N–H and O–H groups in total.